The van der Waals surface area contributed by atoms with Crippen LogP contribution in [-0.2, 0) is 6.42 Å². The van der Waals surface area contributed by atoms with E-state index in [1.165, 1.54) is 0 Å². The van der Waals surface area contributed by atoms with E-state index in [0.717, 1.165) is 24.9 Å². The zero-order chi connectivity index (χ0) is 11.8. The van der Waals surface area contributed by atoms with E-state index in [-0.39, 0.29) is 0 Å². The number of rotatable bonds is 2. The molecule has 2 nitrogen and oxygen atoms in total. The third kappa shape index (κ3) is 2.68. The van der Waals surface area contributed by atoms with Gasteiger partial charge in [-0.05, 0) is 23.8 Å². The maximum atomic E-state index is 6.10. The Hall–Kier alpha value is -0.310. The van der Waals surface area contributed by atoms with Crippen molar-refractivity contribution >= 4 is 23.2 Å². The van der Waals surface area contributed by atoms with E-state index >= 15 is 0 Å². The van der Waals surface area contributed by atoms with Crippen LogP contribution >= 0.6 is 23.2 Å². The molecule has 4 heteroatoms. The summed E-state index contributed by atoms with van der Waals surface area (Å²) in [6.07, 6.45) is 5.34. The molecule has 2 heterocycles. The molecule has 0 aromatic carbocycles. The minimum Gasteiger partial charge on any atom is -0.313 e. The molecule has 1 aromatic rings. The van der Waals surface area contributed by atoms with E-state index in [1.807, 2.05) is 0 Å². The van der Waals surface area contributed by atoms with Gasteiger partial charge in [-0.25, -0.2) is 0 Å². The summed E-state index contributed by atoms with van der Waals surface area (Å²) in [5.41, 5.74) is 1.38. The van der Waals surface area contributed by atoms with Crippen LogP contribution in [0.4, 0.5) is 0 Å². The summed E-state index contributed by atoms with van der Waals surface area (Å²) >= 11 is 12.2. The van der Waals surface area contributed by atoms with E-state index in [9.17, 15) is 0 Å². The van der Waals surface area contributed by atoms with Crippen LogP contribution < -0.4 is 5.32 Å². The van der Waals surface area contributed by atoms with Gasteiger partial charge in [0.1, 0.15) is 0 Å². The van der Waals surface area contributed by atoms with Gasteiger partial charge >= 0.3 is 0 Å². The van der Waals surface area contributed by atoms with Gasteiger partial charge in [0.15, 0.2) is 0 Å². The predicted molar refractivity (Wildman–Crippen MR) is 68.1 cm³/mol. The van der Waals surface area contributed by atoms with E-state index in [4.69, 9.17) is 23.2 Å². The average molecular weight is 259 g/mol. The van der Waals surface area contributed by atoms with Crippen molar-refractivity contribution in [3.8, 4) is 0 Å². The van der Waals surface area contributed by atoms with Crippen molar-refractivity contribution in [3.05, 3.63) is 28.0 Å². The summed E-state index contributed by atoms with van der Waals surface area (Å²) in [5, 5.41) is 4.84. The molecule has 0 saturated carbocycles. The number of nitrogens with one attached hydrogen (secondary N) is 1. The van der Waals surface area contributed by atoms with Crippen molar-refractivity contribution in [1.82, 2.24) is 10.3 Å². The highest BCUT2D eigenvalue weighted by Crippen LogP contribution is 2.31. The van der Waals surface area contributed by atoms with E-state index < -0.39 is 0 Å². The molecule has 1 fully saturated rings. The Kier molecular flexibility index (Phi) is 3.43. The smallest absolute Gasteiger partial charge is 0.0636 e. The number of aromatic nitrogens is 1. The van der Waals surface area contributed by atoms with Gasteiger partial charge in [0.05, 0.1) is 10.0 Å². The first-order valence-corrected chi connectivity index (χ1v) is 6.25. The van der Waals surface area contributed by atoms with Gasteiger partial charge in [0.2, 0.25) is 0 Å². The maximum absolute atomic E-state index is 6.10. The lowest BCUT2D eigenvalue weighted by molar-refractivity contribution is 0.401. The Bertz CT molecular complexity index is 370. The van der Waals surface area contributed by atoms with Gasteiger partial charge < -0.3 is 5.32 Å². The maximum Gasteiger partial charge on any atom is 0.0636 e. The van der Waals surface area contributed by atoms with Crippen molar-refractivity contribution in [3.63, 3.8) is 0 Å². The second-order valence-electron chi connectivity index (χ2n) is 5.23. The predicted octanol–water partition coefficient (Wildman–Crippen LogP) is 3.32. The number of pyridine rings is 1. The largest absolute Gasteiger partial charge is 0.313 e. The van der Waals surface area contributed by atoms with Crippen molar-refractivity contribution in [1.29, 1.82) is 0 Å². The number of hydrogen-bond acceptors (Lipinski definition) is 2. The third-order valence-electron chi connectivity index (χ3n) is 3.07. The molecule has 2 rings (SSSR count). The lowest BCUT2D eigenvalue weighted by Crippen LogP contribution is -2.24. The standard InChI is InChI=1S/C12H16Cl2N2/c1-12(2)4-8(16-7-12)3-9-10(13)5-15-6-11(9)14/h5-6,8,16H,3-4,7H2,1-2H3. The SMILES string of the molecule is CC1(C)CNC(Cc2c(Cl)cncc2Cl)C1. The quantitative estimate of drug-likeness (QED) is 0.881. The second kappa shape index (κ2) is 4.52. The lowest BCUT2D eigenvalue weighted by Gasteiger charge is -2.16. The Labute approximate surface area is 106 Å². The van der Waals surface area contributed by atoms with Gasteiger partial charge in [-0.3, -0.25) is 4.98 Å². The summed E-state index contributed by atoms with van der Waals surface area (Å²) in [4.78, 5) is 3.96. The summed E-state index contributed by atoms with van der Waals surface area (Å²) < 4.78 is 0. The number of halogens is 2. The van der Waals surface area contributed by atoms with Crippen molar-refractivity contribution < 1.29 is 0 Å². The molecule has 1 aliphatic heterocycles. The molecule has 0 radical (unpaired) electrons. The Morgan fingerprint density at radius 3 is 2.50 bits per heavy atom. The number of hydrogen-bond donors (Lipinski definition) is 1. The molecule has 1 aliphatic rings. The topological polar surface area (TPSA) is 24.9 Å². The van der Waals surface area contributed by atoms with Crippen LogP contribution in [0.2, 0.25) is 10.0 Å². The van der Waals surface area contributed by atoms with Crippen molar-refractivity contribution in [2.45, 2.75) is 32.7 Å². The summed E-state index contributed by atoms with van der Waals surface area (Å²) in [5.74, 6) is 0. The van der Waals surface area contributed by atoms with Crippen molar-refractivity contribution in [2.24, 2.45) is 5.41 Å². The van der Waals surface area contributed by atoms with Crippen LogP contribution in [0, 0.1) is 5.41 Å². The van der Waals surface area contributed by atoms with Gasteiger partial charge in [0, 0.05) is 25.0 Å². The van der Waals surface area contributed by atoms with Crippen LogP contribution in [0.15, 0.2) is 12.4 Å². The van der Waals surface area contributed by atoms with Crippen LogP contribution in [0.1, 0.15) is 25.8 Å². The fourth-order valence-electron chi connectivity index (χ4n) is 2.26. The molecule has 16 heavy (non-hydrogen) atoms. The van der Waals surface area contributed by atoms with Gasteiger partial charge in [-0.2, -0.15) is 0 Å². The van der Waals surface area contributed by atoms with Crippen LogP contribution in [0.5, 0.6) is 0 Å². The third-order valence-corrected chi connectivity index (χ3v) is 3.72. The molecule has 0 aliphatic carbocycles. The molecular formula is C12H16Cl2N2. The lowest BCUT2D eigenvalue weighted by atomic mass is 9.89. The van der Waals surface area contributed by atoms with Gasteiger partial charge in [0.25, 0.3) is 0 Å². The highest BCUT2D eigenvalue weighted by atomic mass is 35.5. The van der Waals surface area contributed by atoms with Crippen LogP contribution in [0.25, 0.3) is 0 Å². The summed E-state index contributed by atoms with van der Waals surface area (Å²) in [7, 11) is 0. The zero-order valence-electron chi connectivity index (χ0n) is 9.56. The molecule has 1 atom stereocenters. The molecule has 1 unspecified atom stereocenters. The van der Waals surface area contributed by atoms with Crippen LogP contribution in [0.3, 0.4) is 0 Å². The summed E-state index contributed by atoms with van der Waals surface area (Å²) in [6.45, 7) is 5.60. The minimum absolute atomic E-state index is 0.372. The first kappa shape index (κ1) is 12.2. The molecule has 0 bridgehead atoms. The van der Waals surface area contributed by atoms with Gasteiger partial charge in [-0.15, -0.1) is 0 Å². The van der Waals surface area contributed by atoms with Crippen LogP contribution in [-0.4, -0.2) is 17.6 Å². The fraction of sp³-hybridized carbons (Fsp3) is 0.583. The molecule has 1 aromatic heterocycles. The molecule has 88 valence electrons. The average Bonchev–Trinajstić information content (AvgIpc) is 2.52. The monoisotopic (exact) mass is 258 g/mol. The van der Waals surface area contributed by atoms with Crippen molar-refractivity contribution in [2.75, 3.05) is 6.54 Å². The molecule has 1 N–H and O–H groups in total. The van der Waals surface area contributed by atoms with E-state index in [0.29, 0.717) is 21.5 Å². The highest BCUT2D eigenvalue weighted by Gasteiger charge is 2.31. The zero-order valence-corrected chi connectivity index (χ0v) is 11.1. The molecule has 0 spiro atoms. The first-order valence-electron chi connectivity index (χ1n) is 5.49. The Morgan fingerprint density at radius 2 is 2.00 bits per heavy atom. The Morgan fingerprint density at radius 1 is 1.38 bits per heavy atom. The normalized spacial score (nSPS) is 23.6. The second-order valence-corrected chi connectivity index (χ2v) is 6.05. The number of nitrogens with zero attached hydrogens (tertiary/aromatic N) is 1. The van der Waals surface area contributed by atoms with E-state index in [2.05, 4.69) is 24.1 Å². The van der Waals surface area contributed by atoms with Gasteiger partial charge in [-0.1, -0.05) is 37.0 Å². The summed E-state index contributed by atoms with van der Waals surface area (Å²) in [6, 6.07) is 0.465. The molecular weight excluding hydrogens is 243 g/mol. The highest BCUT2D eigenvalue weighted by molar-refractivity contribution is 6.35. The van der Waals surface area contributed by atoms with E-state index in [1.54, 1.807) is 12.4 Å². The fourth-order valence-corrected chi connectivity index (χ4v) is 2.77. The first-order chi connectivity index (χ1) is 7.48. The molecule has 1 saturated heterocycles. The Balaban J connectivity index is 2.11. The minimum atomic E-state index is 0.372. The molecule has 0 amide bonds.